The third kappa shape index (κ3) is 5.26. The molecule has 0 aliphatic heterocycles. The van der Waals surface area contributed by atoms with E-state index in [0.717, 1.165) is 0 Å². The molecule has 0 fully saturated rings. The molecule has 0 heteroatoms. The molecule has 0 spiro atoms. The van der Waals surface area contributed by atoms with E-state index in [4.69, 9.17) is 0 Å². The highest BCUT2D eigenvalue weighted by atomic mass is 14.1. The van der Waals surface area contributed by atoms with E-state index in [-0.39, 0.29) is 0 Å². The monoisotopic (exact) mass is 194 g/mol. The van der Waals surface area contributed by atoms with Gasteiger partial charge in [-0.25, -0.2) is 0 Å². The van der Waals surface area contributed by atoms with Crippen molar-refractivity contribution in [1.29, 1.82) is 0 Å². The van der Waals surface area contributed by atoms with Crippen molar-refractivity contribution in [2.24, 2.45) is 11.8 Å². The zero-order valence-electron chi connectivity index (χ0n) is 10.6. The summed E-state index contributed by atoms with van der Waals surface area (Å²) in [6.45, 7) is 15.4. The lowest BCUT2D eigenvalue weighted by atomic mass is 9.89. The molecule has 14 heavy (non-hydrogen) atoms. The first-order chi connectivity index (χ1) is 6.49. The van der Waals surface area contributed by atoms with Crippen LogP contribution in [-0.2, 0) is 0 Å². The van der Waals surface area contributed by atoms with Crippen molar-refractivity contribution in [1.82, 2.24) is 0 Å². The molecule has 0 rings (SSSR count). The second-order valence-electron chi connectivity index (χ2n) is 4.70. The molecule has 1 unspecified atom stereocenters. The van der Waals surface area contributed by atoms with Crippen LogP contribution in [0.2, 0.25) is 0 Å². The van der Waals surface area contributed by atoms with Crippen LogP contribution in [0.4, 0.5) is 0 Å². The summed E-state index contributed by atoms with van der Waals surface area (Å²) in [6.07, 6.45) is 6.07. The van der Waals surface area contributed by atoms with Crippen LogP contribution >= 0.6 is 0 Å². The van der Waals surface area contributed by atoms with Crippen molar-refractivity contribution in [2.75, 3.05) is 0 Å². The molecule has 0 saturated heterocycles. The number of hydrogen-bond donors (Lipinski definition) is 0. The predicted molar refractivity (Wildman–Crippen MR) is 66.4 cm³/mol. The molecule has 0 nitrogen and oxygen atoms in total. The summed E-state index contributed by atoms with van der Waals surface area (Å²) >= 11 is 0. The van der Waals surface area contributed by atoms with Crippen LogP contribution in [0.3, 0.4) is 0 Å². The van der Waals surface area contributed by atoms with Crippen molar-refractivity contribution < 1.29 is 0 Å². The maximum atomic E-state index is 4.15. The SMILES string of the molecule is C=C(C=C(C)CCCC)C(C)C(C)C. The number of hydrogen-bond acceptors (Lipinski definition) is 0. The highest BCUT2D eigenvalue weighted by Gasteiger charge is 2.08. The van der Waals surface area contributed by atoms with Crippen LogP contribution in [0.1, 0.15) is 53.9 Å². The third-order valence-corrected chi connectivity index (χ3v) is 2.94. The van der Waals surface area contributed by atoms with Gasteiger partial charge >= 0.3 is 0 Å². The zero-order valence-corrected chi connectivity index (χ0v) is 10.6. The van der Waals surface area contributed by atoms with Crippen LogP contribution < -0.4 is 0 Å². The minimum atomic E-state index is 0.603. The normalized spacial score (nSPS) is 14.6. The Kier molecular flexibility index (Phi) is 6.61. The van der Waals surface area contributed by atoms with Crippen molar-refractivity contribution in [3.05, 3.63) is 23.8 Å². The fourth-order valence-corrected chi connectivity index (χ4v) is 1.40. The Balaban J connectivity index is 4.13. The minimum Gasteiger partial charge on any atom is -0.0956 e. The summed E-state index contributed by atoms with van der Waals surface area (Å²) in [5.74, 6) is 1.30. The second-order valence-corrected chi connectivity index (χ2v) is 4.70. The first kappa shape index (κ1) is 13.5. The zero-order chi connectivity index (χ0) is 11.1. The molecule has 0 bridgehead atoms. The van der Waals surface area contributed by atoms with E-state index in [1.807, 2.05) is 0 Å². The second kappa shape index (κ2) is 6.86. The lowest BCUT2D eigenvalue weighted by Gasteiger charge is -2.16. The van der Waals surface area contributed by atoms with Gasteiger partial charge in [0.2, 0.25) is 0 Å². The molecule has 0 heterocycles. The molecule has 0 amide bonds. The first-order valence-corrected chi connectivity index (χ1v) is 5.85. The summed E-state index contributed by atoms with van der Waals surface area (Å²) in [6, 6.07) is 0. The van der Waals surface area contributed by atoms with Crippen molar-refractivity contribution in [3.8, 4) is 0 Å². The van der Waals surface area contributed by atoms with E-state index < -0.39 is 0 Å². The molecule has 82 valence electrons. The molecule has 0 aromatic heterocycles. The Morgan fingerprint density at radius 2 is 1.86 bits per heavy atom. The molecular weight excluding hydrogens is 168 g/mol. The third-order valence-electron chi connectivity index (χ3n) is 2.94. The van der Waals surface area contributed by atoms with E-state index in [2.05, 4.69) is 47.3 Å². The first-order valence-electron chi connectivity index (χ1n) is 5.85. The quantitative estimate of drug-likeness (QED) is 0.524. The van der Waals surface area contributed by atoms with Crippen molar-refractivity contribution in [2.45, 2.75) is 53.9 Å². The number of unbranched alkanes of at least 4 members (excludes halogenated alkanes) is 1. The van der Waals surface area contributed by atoms with Gasteiger partial charge in [-0.2, -0.15) is 0 Å². The number of rotatable bonds is 6. The van der Waals surface area contributed by atoms with Gasteiger partial charge in [0, 0.05) is 0 Å². The Bertz CT molecular complexity index is 196. The van der Waals surface area contributed by atoms with Gasteiger partial charge in [0.05, 0.1) is 0 Å². The Morgan fingerprint density at radius 3 is 2.29 bits per heavy atom. The van der Waals surface area contributed by atoms with Crippen molar-refractivity contribution in [3.63, 3.8) is 0 Å². The van der Waals surface area contributed by atoms with E-state index in [1.165, 1.54) is 30.4 Å². The maximum absolute atomic E-state index is 4.15. The average Bonchev–Trinajstić information content (AvgIpc) is 2.13. The van der Waals surface area contributed by atoms with Crippen LogP contribution in [0.25, 0.3) is 0 Å². The van der Waals surface area contributed by atoms with Gasteiger partial charge in [-0.15, -0.1) is 0 Å². The molecule has 0 N–H and O–H groups in total. The highest BCUT2D eigenvalue weighted by molar-refractivity contribution is 5.22. The van der Waals surface area contributed by atoms with Gasteiger partial charge in [0.1, 0.15) is 0 Å². The van der Waals surface area contributed by atoms with E-state index in [9.17, 15) is 0 Å². The lowest BCUT2D eigenvalue weighted by molar-refractivity contribution is 0.488. The smallest absolute Gasteiger partial charge is 0.0173 e. The fourth-order valence-electron chi connectivity index (χ4n) is 1.40. The summed E-state index contributed by atoms with van der Waals surface area (Å²) in [5.41, 5.74) is 2.76. The summed E-state index contributed by atoms with van der Waals surface area (Å²) in [7, 11) is 0. The molecule has 0 radical (unpaired) electrons. The van der Waals surface area contributed by atoms with E-state index in [0.29, 0.717) is 11.8 Å². The maximum Gasteiger partial charge on any atom is -0.0173 e. The van der Waals surface area contributed by atoms with Crippen LogP contribution in [0.5, 0.6) is 0 Å². The number of allylic oxidation sites excluding steroid dienone is 3. The highest BCUT2D eigenvalue weighted by Crippen LogP contribution is 2.21. The Hall–Kier alpha value is -0.520. The summed E-state index contributed by atoms with van der Waals surface area (Å²) < 4.78 is 0. The van der Waals surface area contributed by atoms with Gasteiger partial charge in [-0.1, -0.05) is 57.9 Å². The largest absolute Gasteiger partial charge is 0.0956 e. The molecule has 1 atom stereocenters. The molecule has 0 aliphatic carbocycles. The minimum absolute atomic E-state index is 0.603. The standard InChI is InChI=1S/C14H26/c1-7-8-9-12(4)10-13(5)14(6)11(2)3/h10-11,14H,5,7-9H2,1-4,6H3. The van der Waals surface area contributed by atoms with Crippen LogP contribution in [0, 0.1) is 11.8 Å². The topological polar surface area (TPSA) is 0 Å². The molecule has 0 saturated carbocycles. The van der Waals surface area contributed by atoms with Gasteiger partial charge in [-0.3, -0.25) is 0 Å². The van der Waals surface area contributed by atoms with Gasteiger partial charge < -0.3 is 0 Å². The Labute approximate surface area is 90.1 Å². The van der Waals surface area contributed by atoms with Gasteiger partial charge in [0.15, 0.2) is 0 Å². The van der Waals surface area contributed by atoms with E-state index in [1.54, 1.807) is 0 Å². The average molecular weight is 194 g/mol. The lowest BCUT2D eigenvalue weighted by Crippen LogP contribution is -2.05. The summed E-state index contributed by atoms with van der Waals surface area (Å²) in [4.78, 5) is 0. The molecule has 0 aromatic rings. The van der Waals surface area contributed by atoms with Gasteiger partial charge in [-0.05, 0) is 31.6 Å². The van der Waals surface area contributed by atoms with Gasteiger partial charge in [0.25, 0.3) is 0 Å². The van der Waals surface area contributed by atoms with Crippen LogP contribution in [0.15, 0.2) is 23.8 Å². The molecule has 0 aromatic carbocycles. The Morgan fingerprint density at radius 1 is 1.29 bits per heavy atom. The van der Waals surface area contributed by atoms with Crippen molar-refractivity contribution >= 4 is 0 Å². The summed E-state index contributed by atoms with van der Waals surface area (Å²) in [5, 5.41) is 0. The molecular formula is C14H26. The fraction of sp³-hybridized carbons (Fsp3) is 0.714. The van der Waals surface area contributed by atoms with E-state index >= 15 is 0 Å². The molecule has 0 aliphatic rings. The van der Waals surface area contributed by atoms with Crippen LogP contribution in [-0.4, -0.2) is 0 Å². The predicted octanol–water partition coefficient (Wildman–Crippen LogP) is 4.97.